The molecule has 0 heterocycles. The lowest BCUT2D eigenvalue weighted by Gasteiger charge is -2.17. The summed E-state index contributed by atoms with van der Waals surface area (Å²) in [6.45, 7) is 0. The normalized spacial score (nSPS) is 14.8. The molecular weight excluding hydrogens is 282 g/mol. The van der Waals surface area contributed by atoms with E-state index in [0.29, 0.717) is 34.6 Å². The zero-order valence-corrected chi connectivity index (χ0v) is 11.5. The van der Waals surface area contributed by atoms with E-state index >= 15 is 0 Å². The summed E-state index contributed by atoms with van der Waals surface area (Å²) in [5.41, 5.74) is 1.73. The van der Waals surface area contributed by atoms with E-state index in [1.54, 1.807) is 12.1 Å². The van der Waals surface area contributed by atoms with Crippen molar-refractivity contribution in [1.29, 1.82) is 0 Å². The Kier molecular flexibility index (Phi) is 4.20. The topological polar surface area (TPSA) is 69.4 Å². The molecule has 1 aliphatic rings. The summed E-state index contributed by atoms with van der Waals surface area (Å²) in [6, 6.07) is 5.93. The number of carbonyl (C=O) groups excluding carboxylic acids is 1. The largest absolute Gasteiger partial charge is 0.466 e. The van der Waals surface area contributed by atoms with Gasteiger partial charge in [0.1, 0.15) is 0 Å². The highest BCUT2D eigenvalue weighted by Crippen LogP contribution is 2.36. The smallest absolute Gasteiger partial charge is 0.334 e. The second-order valence-electron chi connectivity index (χ2n) is 4.24. The van der Waals surface area contributed by atoms with Crippen molar-refractivity contribution < 1.29 is 14.5 Å². The SMILES string of the molecule is COC(=O)C1=C(c2ccc([N+](=O)[O-])cc2)C(Cl)=CCC1. The summed E-state index contributed by atoms with van der Waals surface area (Å²) in [6.07, 6.45) is 3.03. The van der Waals surface area contributed by atoms with E-state index < -0.39 is 10.9 Å². The predicted molar refractivity (Wildman–Crippen MR) is 75.2 cm³/mol. The molecule has 0 amide bonds. The molecule has 0 spiro atoms. The van der Waals surface area contributed by atoms with Gasteiger partial charge < -0.3 is 4.74 Å². The van der Waals surface area contributed by atoms with E-state index in [0.717, 1.165) is 0 Å². The minimum atomic E-state index is -0.475. The number of ether oxygens (including phenoxy) is 1. The van der Waals surface area contributed by atoms with Crippen LogP contribution in [0.15, 0.2) is 40.9 Å². The molecule has 0 bridgehead atoms. The minimum absolute atomic E-state index is 0.00937. The van der Waals surface area contributed by atoms with Crippen LogP contribution < -0.4 is 0 Å². The number of methoxy groups -OCH3 is 1. The average Bonchev–Trinajstić information content (AvgIpc) is 2.46. The van der Waals surface area contributed by atoms with Gasteiger partial charge in [-0.1, -0.05) is 17.7 Å². The monoisotopic (exact) mass is 293 g/mol. The van der Waals surface area contributed by atoms with Crippen molar-refractivity contribution in [3.8, 4) is 0 Å². The van der Waals surface area contributed by atoms with Crippen LogP contribution in [0.25, 0.3) is 5.57 Å². The van der Waals surface area contributed by atoms with Gasteiger partial charge in [-0.05, 0) is 30.5 Å². The maximum atomic E-state index is 11.8. The zero-order chi connectivity index (χ0) is 14.7. The van der Waals surface area contributed by atoms with E-state index in [1.165, 1.54) is 19.2 Å². The third-order valence-electron chi connectivity index (χ3n) is 3.06. The van der Waals surface area contributed by atoms with Crippen molar-refractivity contribution in [3.05, 3.63) is 56.6 Å². The van der Waals surface area contributed by atoms with E-state index in [4.69, 9.17) is 16.3 Å². The number of carbonyl (C=O) groups is 1. The average molecular weight is 294 g/mol. The van der Waals surface area contributed by atoms with Gasteiger partial charge in [-0.3, -0.25) is 10.1 Å². The second-order valence-corrected chi connectivity index (χ2v) is 4.65. The molecule has 104 valence electrons. The summed E-state index contributed by atoms with van der Waals surface area (Å²) in [4.78, 5) is 22.0. The molecule has 1 aromatic rings. The van der Waals surface area contributed by atoms with Crippen molar-refractivity contribution in [1.82, 2.24) is 0 Å². The summed E-state index contributed by atoms with van der Waals surface area (Å²) >= 11 is 6.18. The number of nitrogens with zero attached hydrogens (tertiary/aromatic N) is 1. The van der Waals surface area contributed by atoms with Crippen LogP contribution in [-0.4, -0.2) is 18.0 Å². The maximum Gasteiger partial charge on any atom is 0.334 e. The van der Waals surface area contributed by atoms with Gasteiger partial charge in [0.15, 0.2) is 0 Å². The van der Waals surface area contributed by atoms with Gasteiger partial charge in [0, 0.05) is 28.3 Å². The first kappa shape index (κ1) is 14.3. The molecule has 6 heteroatoms. The molecule has 0 radical (unpaired) electrons. The third kappa shape index (κ3) is 2.72. The van der Waals surface area contributed by atoms with Gasteiger partial charge in [0.25, 0.3) is 5.69 Å². The standard InChI is InChI=1S/C14H12ClNO4/c1-20-14(17)11-3-2-4-12(15)13(11)9-5-7-10(8-6-9)16(18)19/h4-8H,2-3H2,1H3. The van der Waals surface area contributed by atoms with Crippen LogP contribution in [0.1, 0.15) is 18.4 Å². The van der Waals surface area contributed by atoms with Gasteiger partial charge in [0.2, 0.25) is 0 Å². The first-order valence-corrected chi connectivity index (χ1v) is 6.34. The molecule has 0 aromatic heterocycles. The van der Waals surface area contributed by atoms with Gasteiger partial charge in [-0.25, -0.2) is 4.79 Å². The Morgan fingerprint density at radius 2 is 2.00 bits per heavy atom. The van der Waals surface area contributed by atoms with Crippen LogP contribution in [0, 0.1) is 10.1 Å². The molecule has 0 N–H and O–H groups in total. The Morgan fingerprint density at radius 1 is 1.35 bits per heavy atom. The highest BCUT2D eigenvalue weighted by molar-refractivity contribution is 6.38. The van der Waals surface area contributed by atoms with Gasteiger partial charge in [0.05, 0.1) is 12.0 Å². The maximum absolute atomic E-state index is 11.8. The number of benzene rings is 1. The van der Waals surface area contributed by atoms with Crippen LogP contribution >= 0.6 is 11.6 Å². The lowest BCUT2D eigenvalue weighted by atomic mass is 9.92. The van der Waals surface area contributed by atoms with Crippen LogP contribution in [-0.2, 0) is 9.53 Å². The molecule has 1 aromatic carbocycles. The van der Waals surface area contributed by atoms with Crippen LogP contribution in [0.3, 0.4) is 0 Å². The predicted octanol–water partition coefficient (Wildman–Crippen LogP) is 3.44. The lowest BCUT2D eigenvalue weighted by molar-refractivity contribution is -0.384. The number of allylic oxidation sites excluding steroid dienone is 3. The number of hydrogen-bond acceptors (Lipinski definition) is 4. The molecule has 0 fully saturated rings. The van der Waals surface area contributed by atoms with E-state index in [-0.39, 0.29) is 5.69 Å². The number of hydrogen-bond donors (Lipinski definition) is 0. The molecule has 0 aliphatic heterocycles. The second kappa shape index (κ2) is 5.88. The quantitative estimate of drug-likeness (QED) is 0.486. The Morgan fingerprint density at radius 3 is 2.55 bits per heavy atom. The van der Waals surface area contributed by atoms with E-state index in [9.17, 15) is 14.9 Å². The first-order valence-electron chi connectivity index (χ1n) is 5.97. The van der Waals surface area contributed by atoms with Gasteiger partial charge in [-0.15, -0.1) is 0 Å². The molecule has 0 atom stereocenters. The first-order chi connectivity index (χ1) is 9.54. The highest BCUT2D eigenvalue weighted by atomic mass is 35.5. The molecule has 2 rings (SSSR count). The molecule has 0 unspecified atom stereocenters. The molecule has 0 saturated heterocycles. The van der Waals surface area contributed by atoms with Crippen molar-refractivity contribution in [2.75, 3.05) is 7.11 Å². The van der Waals surface area contributed by atoms with Gasteiger partial charge in [-0.2, -0.15) is 0 Å². The van der Waals surface area contributed by atoms with Crippen LogP contribution in [0.5, 0.6) is 0 Å². The number of halogens is 1. The Bertz CT molecular complexity index is 617. The van der Waals surface area contributed by atoms with Gasteiger partial charge >= 0.3 is 5.97 Å². The Hall–Kier alpha value is -2.14. The Balaban J connectivity index is 2.50. The van der Waals surface area contributed by atoms with Crippen molar-refractivity contribution in [2.24, 2.45) is 0 Å². The summed E-state index contributed by atoms with van der Waals surface area (Å²) < 4.78 is 4.76. The fourth-order valence-electron chi connectivity index (χ4n) is 2.10. The zero-order valence-electron chi connectivity index (χ0n) is 10.8. The number of esters is 1. The summed E-state index contributed by atoms with van der Waals surface area (Å²) in [5, 5.41) is 11.1. The summed E-state index contributed by atoms with van der Waals surface area (Å²) in [7, 11) is 1.31. The number of non-ortho nitro benzene ring substituents is 1. The Labute approximate surface area is 120 Å². The number of nitro benzene ring substituents is 1. The fourth-order valence-corrected chi connectivity index (χ4v) is 2.44. The van der Waals surface area contributed by atoms with Crippen LogP contribution in [0.4, 0.5) is 5.69 Å². The minimum Gasteiger partial charge on any atom is -0.466 e. The van der Waals surface area contributed by atoms with Crippen molar-refractivity contribution >= 4 is 28.8 Å². The molecular formula is C14H12ClNO4. The summed E-state index contributed by atoms with van der Waals surface area (Å²) in [5.74, 6) is -0.426. The van der Waals surface area contributed by atoms with Crippen molar-refractivity contribution in [3.63, 3.8) is 0 Å². The highest BCUT2D eigenvalue weighted by Gasteiger charge is 2.22. The molecule has 0 saturated carbocycles. The van der Waals surface area contributed by atoms with Crippen molar-refractivity contribution in [2.45, 2.75) is 12.8 Å². The number of rotatable bonds is 3. The molecule has 5 nitrogen and oxygen atoms in total. The van der Waals surface area contributed by atoms with E-state index in [2.05, 4.69) is 0 Å². The van der Waals surface area contributed by atoms with Crippen LogP contribution in [0.2, 0.25) is 0 Å². The lowest BCUT2D eigenvalue weighted by Crippen LogP contribution is -2.10. The van der Waals surface area contributed by atoms with E-state index in [1.807, 2.05) is 6.08 Å². The molecule has 1 aliphatic carbocycles. The number of nitro groups is 1. The molecule has 20 heavy (non-hydrogen) atoms. The fraction of sp³-hybridized carbons (Fsp3) is 0.214. The third-order valence-corrected chi connectivity index (χ3v) is 3.40.